The highest BCUT2D eigenvalue weighted by atomic mass is 14.2. The average molecular weight is 120 g/mol. The van der Waals surface area contributed by atoms with E-state index in [0.29, 0.717) is 11.8 Å². The van der Waals surface area contributed by atoms with Crippen molar-refractivity contribution >= 4 is 0 Å². The van der Waals surface area contributed by atoms with Crippen molar-refractivity contribution in [1.82, 2.24) is 0 Å². The zero-order chi connectivity index (χ0) is 6.85. The Kier molecular flexibility index (Phi) is 1.56. The van der Waals surface area contributed by atoms with Crippen LogP contribution in [0.25, 0.3) is 0 Å². The Hall–Kier alpha value is -0.780. The van der Waals surface area contributed by atoms with Crippen LogP contribution in [0.1, 0.15) is 6.92 Å². The van der Waals surface area contributed by atoms with Crippen molar-refractivity contribution in [3.05, 3.63) is 37.0 Å². The first kappa shape index (κ1) is 6.34. The molecule has 0 aliphatic heterocycles. The topological polar surface area (TPSA) is 0 Å². The molecule has 0 radical (unpaired) electrons. The zero-order valence-corrected chi connectivity index (χ0v) is 5.80. The molecule has 0 amide bonds. The molecule has 0 aromatic carbocycles. The molecule has 0 bridgehead atoms. The van der Waals surface area contributed by atoms with Gasteiger partial charge in [-0.3, -0.25) is 0 Å². The molecule has 48 valence electrons. The van der Waals surface area contributed by atoms with E-state index in [2.05, 4.69) is 32.2 Å². The van der Waals surface area contributed by atoms with E-state index in [1.807, 2.05) is 6.08 Å². The van der Waals surface area contributed by atoms with Crippen LogP contribution in [0.2, 0.25) is 0 Å². The van der Waals surface area contributed by atoms with Gasteiger partial charge < -0.3 is 0 Å². The Labute approximate surface area is 56.6 Å². The highest BCUT2D eigenvalue weighted by molar-refractivity contribution is 5.28. The Morgan fingerprint density at radius 2 is 2.22 bits per heavy atom. The maximum absolute atomic E-state index is 3.95. The Bertz CT molecular complexity index is 163. The summed E-state index contributed by atoms with van der Waals surface area (Å²) in [4.78, 5) is 0. The molecule has 0 aromatic heterocycles. The third-order valence-corrected chi connectivity index (χ3v) is 1.87. The van der Waals surface area contributed by atoms with Gasteiger partial charge in [0.25, 0.3) is 0 Å². The van der Waals surface area contributed by atoms with Gasteiger partial charge in [-0.1, -0.05) is 37.3 Å². The lowest BCUT2D eigenvalue weighted by atomic mass is 9.99. The molecule has 9 heavy (non-hydrogen) atoms. The first-order valence-electron chi connectivity index (χ1n) is 3.25. The van der Waals surface area contributed by atoms with Crippen LogP contribution >= 0.6 is 0 Å². The molecule has 0 N–H and O–H groups in total. The molecule has 0 heteroatoms. The maximum Gasteiger partial charge on any atom is 0.0158 e. The zero-order valence-electron chi connectivity index (χ0n) is 5.80. The second-order valence-corrected chi connectivity index (χ2v) is 2.51. The molecule has 1 rings (SSSR count). The molecule has 0 spiro atoms. The van der Waals surface area contributed by atoms with Gasteiger partial charge in [-0.15, -0.1) is 6.58 Å². The normalized spacial score (nSPS) is 33.2. The monoisotopic (exact) mass is 120 g/mol. The van der Waals surface area contributed by atoms with E-state index in [4.69, 9.17) is 0 Å². The molecule has 0 fully saturated rings. The number of allylic oxidation sites excluding steroid dienone is 4. The average Bonchev–Trinajstić information content (AvgIpc) is 2.15. The summed E-state index contributed by atoms with van der Waals surface area (Å²) >= 11 is 0. The molecular weight excluding hydrogens is 108 g/mol. The fourth-order valence-corrected chi connectivity index (χ4v) is 1.07. The highest BCUT2D eigenvalue weighted by Crippen LogP contribution is 2.28. The van der Waals surface area contributed by atoms with E-state index in [1.165, 1.54) is 5.57 Å². The number of hydrogen-bond acceptors (Lipinski definition) is 0. The van der Waals surface area contributed by atoms with Crippen molar-refractivity contribution < 1.29 is 0 Å². The summed E-state index contributed by atoms with van der Waals surface area (Å²) in [6.45, 7) is 9.82. The van der Waals surface area contributed by atoms with E-state index in [1.54, 1.807) is 0 Å². The van der Waals surface area contributed by atoms with Gasteiger partial charge in [-0.25, -0.2) is 0 Å². The third-order valence-electron chi connectivity index (χ3n) is 1.87. The lowest BCUT2D eigenvalue weighted by Crippen LogP contribution is -1.94. The summed E-state index contributed by atoms with van der Waals surface area (Å²) in [5.41, 5.74) is 1.27. The minimum atomic E-state index is 0.431. The summed E-state index contributed by atoms with van der Waals surface area (Å²) in [6.07, 6.45) is 6.26. The van der Waals surface area contributed by atoms with Crippen molar-refractivity contribution in [3.63, 3.8) is 0 Å². The summed E-state index contributed by atoms with van der Waals surface area (Å²) in [7, 11) is 0. The summed E-state index contributed by atoms with van der Waals surface area (Å²) in [5.74, 6) is 0.980. The van der Waals surface area contributed by atoms with E-state index in [0.717, 1.165) is 0 Å². The van der Waals surface area contributed by atoms with E-state index in [9.17, 15) is 0 Å². The molecule has 1 aliphatic rings. The van der Waals surface area contributed by atoms with Crippen LogP contribution in [0, 0.1) is 11.8 Å². The van der Waals surface area contributed by atoms with Crippen LogP contribution in [0.3, 0.4) is 0 Å². The van der Waals surface area contributed by atoms with Crippen LogP contribution in [0.4, 0.5) is 0 Å². The number of hydrogen-bond donors (Lipinski definition) is 0. The van der Waals surface area contributed by atoms with Crippen LogP contribution < -0.4 is 0 Å². The van der Waals surface area contributed by atoms with Gasteiger partial charge in [0.1, 0.15) is 0 Å². The van der Waals surface area contributed by atoms with Gasteiger partial charge >= 0.3 is 0 Å². The van der Waals surface area contributed by atoms with Crippen LogP contribution in [-0.4, -0.2) is 0 Å². The SMILES string of the molecule is C=C[C@@H]1C=C[C@H](C)C1=C. The molecule has 0 saturated heterocycles. The second-order valence-electron chi connectivity index (χ2n) is 2.51. The van der Waals surface area contributed by atoms with Crippen molar-refractivity contribution in [3.8, 4) is 0 Å². The summed E-state index contributed by atoms with van der Waals surface area (Å²) in [5, 5.41) is 0. The highest BCUT2D eigenvalue weighted by Gasteiger charge is 2.15. The maximum atomic E-state index is 3.95. The van der Waals surface area contributed by atoms with Crippen LogP contribution in [0.5, 0.6) is 0 Å². The third kappa shape index (κ3) is 0.973. The Morgan fingerprint density at radius 1 is 1.56 bits per heavy atom. The van der Waals surface area contributed by atoms with Gasteiger partial charge in [0.05, 0.1) is 0 Å². The fourth-order valence-electron chi connectivity index (χ4n) is 1.07. The Balaban J connectivity index is 2.73. The van der Waals surface area contributed by atoms with Crippen molar-refractivity contribution in [2.75, 3.05) is 0 Å². The van der Waals surface area contributed by atoms with Gasteiger partial charge in [0.2, 0.25) is 0 Å². The van der Waals surface area contributed by atoms with Crippen molar-refractivity contribution in [2.45, 2.75) is 6.92 Å². The quantitative estimate of drug-likeness (QED) is 0.466. The lowest BCUT2D eigenvalue weighted by molar-refractivity contribution is 0.826. The van der Waals surface area contributed by atoms with Gasteiger partial charge in [0, 0.05) is 5.92 Å². The molecule has 1 aliphatic carbocycles. The molecule has 2 atom stereocenters. The van der Waals surface area contributed by atoms with E-state index < -0.39 is 0 Å². The molecule has 0 aromatic rings. The number of rotatable bonds is 1. The predicted octanol–water partition coefficient (Wildman–Crippen LogP) is 2.55. The van der Waals surface area contributed by atoms with Gasteiger partial charge in [-0.05, 0) is 5.92 Å². The molecule has 0 unspecified atom stereocenters. The first-order valence-corrected chi connectivity index (χ1v) is 3.25. The predicted molar refractivity (Wildman–Crippen MR) is 41.1 cm³/mol. The van der Waals surface area contributed by atoms with E-state index >= 15 is 0 Å². The van der Waals surface area contributed by atoms with Gasteiger partial charge in [0.15, 0.2) is 0 Å². The van der Waals surface area contributed by atoms with E-state index in [-0.39, 0.29) is 0 Å². The fraction of sp³-hybridized carbons (Fsp3) is 0.333. The lowest BCUT2D eigenvalue weighted by Gasteiger charge is -2.06. The van der Waals surface area contributed by atoms with Crippen LogP contribution in [0.15, 0.2) is 37.0 Å². The van der Waals surface area contributed by atoms with Crippen molar-refractivity contribution in [2.24, 2.45) is 11.8 Å². The smallest absolute Gasteiger partial charge is 0.0158 e. The molecule has 0 nitrogen and oxygen atoms in total. The summed E-state index contributed by atoms with van der Waals surface area (Å²) in [6, 6.07) is 0. The van der Waals surface area contributed by atoms with Crippen LogP contribution in [-0.2, 0) is 0 Å². The minimum absolute atomic E-state index is 0.431. The Morgan fingerprint density at radius 3 is 2.44 bits per heavy atom. The minimum Gasteiger partial charge on any atom is -0.102 e. The molecule has 0 heterocycles. The van der Waals surface area contributed by atoms with Gasteiger partial charge in [-0.2, -0.15) is 0 Å². The van der Waals surface area contributed by atoms with Crippen molar-refractivity contribution in [1.29, 1.82) is 0 Å². The first-order chi connectivity index (χ1) is 4.25. The molecular formula is C9H12. The second kappa shape index (κ2) is 2.22. The largest absolute Gasteiger partial charge is 0.102 e. The summed E-state index contributed by atoms with van der Waals surface area (Å²) < 4.78 is 0. The molecule has 0 saturated carbocycles. The standard InChI is InChI=1S/C9H12/c1-4-9-6-5-7(2)8(9)3/h4-7,9H,1,3H2,2H3/t7-,9+/m0/s1.